The van der Waals surface area contributed by atoms with Gasteiger partial charge in [-0.2, -0.15) is 0 Å². The third-order valence-electron chi connectivity index (χ3n) is 6.31. The number of nitrogens with one attached hydrogen (secondary N) is 1. The second-order valence-electron chi connectivity index (χ2n) is 9.34. The molecule has 0 fully saturated rings. The Kier molecular flexibility index (Phi) is 6.53. The molecule has 1 amide bonds. The Morgan fingerprint density at radius 3 is 2.47 bits per heavy atom. The molecule has 0 saturated carbocycles. The smallest absolute Gasteiger partial charge is 0.255 e. The summed E-state index contributed by atoms with van der Waals surface area (Å²) in [6.45, 7) is 11.9. The number of carbonyl (C=O) groups is 1. The normalized spacial score (nSPS) is 16.1. The van der Waals surface area contributed by atoms with Crippen LogP contribution < -0.4 is 10.1 Å². The Balaban J connectivity index is 1.93. The van der Waals surface area contributed by atoms with Crippen LogP contribution in [0.5, 0.6) is 5.75 Å². The summed E-state index contributed by atoms with van der Waals surface area (Å²) in [5.74, 6) is 0.815. The number of ether oxygens (including phenoxy) is 1. The fourth-order valence-corrected chi connectivity index (χ4v) is 4.49. The average Bonchev–Trinajstić information content (AvgIpc) is 2.72. The number of rotatable bonds is 6. The van der Waals surface area contributed by atoms with Crippen molar-refractivity contribution in [1.82, 2.24) is 0 Å². The van der Waals surface area contributed by atoms with Gasteiger partial charge in [0.2, 0.25) is 0 Å². The number of fused-ring (bicyclic) bond motifs is 1. The zero-order valence-electron chi connectivity index (χ0n) is 18.9. The molecule has 1 aliphatic rings. The molecule has 4 nitrogen and oxygen atoms in total. The van der Waals surface area contributed by atoms with E-state index in [0.717, 1.165) is 29.0 Å². The molecule has 0 spiro atoms. The van der Waals surface area contributed by atoms with Crippen LogP contribution in [0.2, 0.25) is 18.1 Å². The van der Waals surface area contributed by atoms with E-state index in [2.05, 4.69) is 51.3 Å². The van der Waals surface area contributed by atoms with Crippen molar-refractivity contribution in [3.63, 3.8) is 0 Å². The molecule has 0 aliphatic heterocycles. The van der Waals surface area contributed by atoms with Crippen LogP contribution in [0, 0.1) is 0 Å². The zero-order chi connectivity index (χ0) is 21.9. The van der Waals surface area contributed by atoms with E-state index >= 15 is 0 Å². The third kappa shape index (κ3) is 4.68. The molecule has 2 aromatic carbocycles. The molecular formula is C25H33NO3Si. The van der Waals surface area contributed by atoms with Crippen molar-refractivity contribution in [2.24, 2.45) is 0 Å². The SMILES string of the molecule is COc1ccc(NC(=O)c2ccccc2)c2c1CC=CC2CO[Si](C)(C)C(C)(C)C. The third-order valence-corrected chi connectivity index (χ3v) is 10.8. The molecule has 5 heteroatoms. The summed E-state index contributed by atoms with van der Waals surface area (Å²) in [6.07, 6.45) is 5.16. The summed E-state index contributed by atoms with van der Waals surface area (Å²) >= 11 is 0. The molecule has 0 aromatic heterocycles. The summed E-state index contributed by atoms with van der Waals surface area (Å²) in [7, 11) is -0.195. The van der Waals surface area contributed by atoms with Crippen LogP contribution in [0.4, 0.5) is 5.69 Å². The van der Waals surface area contributed by atoms with Crippen molar-refractivity contribution in [3.05, 3.63) is 71.3 Å². The van der Waals surface area contributed by atoms with Crippen molar-refractivity contribution in [2.75, 3.05) is 19.0 Å². The van der Waals surface area contributed by atoms with Gasteiger partial charge in [-0.25, -0.2) is 0 Å². The number of hydrogen-bond donors (Lipinski definition) is 1. The lowest BCUT2D eigenvalue weighted by Gasteiger charge is -2.37. The molecule has 0 saturated heterocycles. The summed E-state index contributed by atoms with van der Waals surface area (Å²) in [4.78, 5) is 12.8. The van der Waals surface area contributed by atoms with Crippen LogP contribution in [-0.2, 0) is 10.8 Å². The molecule has 2 aromatic rings. The van der Waals surface area contributed by atoms with E-state index in [0.29, 0.717) is 12.2 Å². The fourth-order valence-electron chi connectivity index (χ4n) is 3.46. The molecule has 3 rings (SSSR count). The lowest BCUT2D eigenvalue weighted by atomic mass is 9.86. The van der Waals surface area contributed by atoms with Gasteiger partial charge in [0.25, 0.3) is 5.91 Å². The number of hydrogen-bond acceptors (Lipinski definition) is 3. The van der Waals surface area contributed by atoms with E-state index in [1.54, 1.807) is 7.11 Å². The van der Waals surface area contributed by atoms with Crippen molar-refractivity contribution >= 4 is 19.9 Å². The van der Waals surface area contributed by atoms with Gasteiger partial charge < -0.3 is 14.5 Å². The second kappa shape index (κ2) is 8.78. The molecule has 0 heterocycles. The van der Waals surface area contributed by atoms with E-state index in [4.69, 9.17) is 9.16 Å². The molecule has 1 aliphatic carbocycles. The minimum absolute atomic E-state index is 0.0732. The predicted octanol–water partition coefficient (Wildman–Crippen LogP) is 6.17. The topological polar surface area (TPSA) is 47.6 Å². The first-order chi connectivity index (χ1) is 14.1. The van der Waals surface area contributed by atoms with E-state index < -0.39 is 8.32 Å². The predicted molar refractivity (Wildman–Crippen MR) is 126 cm³/mol. The number of amides is 1. The van der Waals surface area contributed by atoms with E-state index in [-0.39, 0.29) is 16.9 Å². The highest BCUT2D eigenvalue weighted by Gasteiger charge is 2.38. The lowest BCUT2D eigenvalue weighted by Crippen LogP contribution is -2.41. The van der Waals surface area contributed by atoms with Gasteiger partial charge in [0.05, 0.1) is 7.11 Å². The molecular weight excluding hydrogens is 390 g/mol. The van der Waals surface area contributed by atoms with Gasteiger partial charge in [0, 0.05) is 29.3 Å². The van der Waals surface area contributed by atoms with Gasteiger partial charge >= 0.3 is 0 Å². The van der Waals surface area contributed by atoms with Gasteiger partial charge in [-0.1, -0.05) is 51.1 Å². The molecule has 160 valence electrons. The maximum Gasteiger partial charge on any atom is 0.255 e. The summed E-state index contributed by atoms with van der Waals surface area (Å²) in [5, 5.41) is 3.27. The maximum atomic E-state index is 12.8. The fraction of sp³-hybridized carbons (Fsp3) is 0.400. The molecule has 0 bridgehead atoms. The van der Waals surface area contributed by atoms with Crippen molar-refractivity contribution < 1.29 is 14.0 Å². The number of anilines is 1. The van der Waals surface area contributed by atoms with Gasteiger partial charge in [-0.3, -0.25) is 4.79 Å². The Labute approximate surface area is 181 Å². The first kappa shape index (κ1) is 22.3. The highest BCUT2D eigenvalue weighted by Crippen LogP contribution is 2.41. The van der Waals surface area contributed by atoms with Crippen molar-refractivity contribution in [2.45, 2.75) is 51.2 Å². The van der Waals surface area contributed by atoms with Crippen LogP contribution in [0.15, 0.2) is 54.6 Å². The molecule has 30 heavy (non-hydrogen) atoms. The Morgan fingerprint density at radius 2 is 1.83 bits per heavy atom. The van der Waals surface area contributed by atoms with Crippen molar-refractivity contribution in [3.8, 4) is 5.75 Å². The van der Waals surface area contributed by atoms with Gasteiger partial charge in [0.15, 0.2) is 8.32 Å². The summed E-state index contributed by atoms with van der Waals surface area (Å²) in [6, 6.07) is 13.2. The van der Waals surface area contributed by atoms with Crippen LogP contribution in [-0.4, -0.2) is 27.9 Å². The Hall–Kier alpha value is -2.37. The maximum absolute atomic E-state index is 12.8. The highest BCUT2D eigenvalue weighted by atomic mass is 28.4. The van der Waals surface area contributed by atoms with Crippen LogP contribution in [0.3, 0.4) is 0 Å². The van der Waals surface area contributed by atoms with Crippen LogP contribution in [0.1, 0.15) is 48.2 Å². The average molecular weight is 424 g/mol. The zero-order valence-corrected chi connectivity index (χ0v) is 19.9. The number of methoxy groups -OCH3 is 1. The molecule has 1 atom stereocenters. The van der Waals surface area contributed by atoms with E-state index in [1.807, 2.05) is 42.5 Å². The monoisotopic (exact) mass is 423 g/mol. The highest BCUT2D eigenvalue weighted by molar-refractivity contribution is 6.74. The number of carbonyl (C=O) groups excluding carboxylic acids is 1. The minimum atomic E-state index is -1.89. The summed E-state index contributed by atoms with van der Waals surface area (Å²) in [5.41, 5.74) is 3.69. The number of allylic oxidation sites excluding steroid dienone is 1. The Bertz CT molecular complexity index is 929. The minimum Gasteiger partial charge on any atom is -0.496 e. The van der Waals surface area contributed by atoms with Crippen LogP contribution in [0.25, 0.3) is 0 Å². The van der Waals surface area contributed by atoms with Gasteiger partial charge in [-0.15, -0.1) is 0 Å². The van der Waals surface area contributed by atoms with Gasteiger partial charge in [0.1, 0.15) is 5.75 Å². The Morgan fingerprint density at radius 1 is 1.13 bits per heavy atom. The van der Waals surface area contributed by atoms with E-state index in [1.165, 1.54) is 0 Å². The number of benzene rings is 2. The van der Waals surface area contributed by atoms with E-state index in [9.17, 15) is 4.79 Å². The first-order valence-corrected chi connectivity index (χ1v) is 13.4. The lowest BCUT2D eigenvalue weighted by molar-refractivity contribution is 0.102. The second-order valence-corrected chi connectivity index (χ2v) is 14.1. The molecule has 0 radical (unpaired) electrons. The quantitative estimate of drug-likeness (QED) is 0.447. The first-order valence-electron chi connectivity index (χ1n) is 10.5. The largest absolute Gasteiger partial charge is 0.496 e. The molecule has 1 N–H and O–H groups in total. The summed E-state index contributed by atoms with van der Waals surface area (Å²) < 4.78 is 12.2. The van der Waals surface area contributed by atoms with Crippen LogP contribution >= 0.6 is 0 Å². The van der Waals surface area contributed by atoms with Gasteiger partial charge in [-0.05, 0) is 54.4 Å². The standard InChI is InChI=1S/C25H33NO3Si/c1-25(2,3)30(5,6)29-17-19-13-10-14-20-22(28-4)16-15-21(23(19)20)26-24(27)18-11-8-7-9-12-18/h7-13,15-16,19H,14,17H2,1-6H3,(H,26,27). The molecule has 1 unspecified atom stereocenters. The van der Waals surface area contributed by atoms with Crippen molar-refractivity contribution in [1.29, 1.82) is 0 Å².